The van der Waals surface area contributed by atoms with Gasteiger partial charge in [0.15, 0.2) is 0 Å². The van der Waals surface area contributed by atoms with Crippen molar-refractivity contribution in [3.05, 3.63) is 36.4 Å². The molecule has 0 atom stereocenters. The highest BCUT2D eigenvalue weighted by Gasteiger charge is 2.04. The third-order valence-electron chi connectivity index (χ3n) is 2.52. The Morgan fingerprint density at radius 1 is 1.12 bits per heavy atom. The molecule has 0 aliphatic heterocycles. The van der Waals surface area contributed by atoms with Gasteiger partial charge in [-0.15, -0.1) is 10.2 Å². The molecule has 1 heterocycles. The van der Waals surface area contributed by atoms with E-state index >= 15 is 0 Å². The van der Waals surface area contributed by atoms with Gasteiger partial charge in [0.1, 0.15) is 0 Å². The highest BCUT2D eigenvalue weighted by molar-refractivity contribution is 5.95. The van der Waals surface area contributed by atoms with Gasteiger partial charge in [-0.1, -0.05) is 24.3 Å². The molecule has 1 aromatic heterocycles. The number of benzene rings is 2. The lowest BCUT2D eigenvalue weighted by molar-refractivity contribution is 0.881. The minimum atomic E-state index is 0.574. The molecule has 0 unspecified atom stereocenters. The normalized spacial score (nSPS) is 10.8. The number of nitrogen functional groups attached to an aromatic ring is 1. The first kappa shape index (κ1) is 8.84. The van der Waals surface area contributed by atoms with E-state index in [9.17, 15) is 0 Å². The summed E-state index contributed by atoms with van der Waals surface area (Å²) >= 11 is 0. The van der Waals surface area contributed by atoms with Gasteiger partial charge >= 0.3 is 0 Å². The SMILES string of the molecule is Nc1cccc2ccc(-c3nn[nH]n3)cc12. The molecule has 0 amide bonds. The lowest BCUT2D eigenvalue weighted by Crippen LogP contribution is -1.88. The summed E-state index contributed by atoms with van der Waals surface area (Å²) in [6.45, 7) is 0. The summed E-state index contributed by atoms with van der Waals surface area (Å²) in [5, 5.41) is 15.9. The van der Waals surface area contributed by atoms with Crippen LogP contribution < -0.4 is 5.73 Å². The van der Waals surface area contributed by atoms with E-state index in [0.717, 1.165) is 22.0 Å². The third kappa shape index (κ3) is 1.30. The molecule has 0 aliphatic carbocycles. The Labute approximate surface area is 91.3 Å². The van der Waals surface area contributed by atoms with E-state index in [1.54, 1.807) is 0 Å². The third-order valence-corrected chi connectivity index (χ3v) is 2.52. The minimum absolute atomic E-state index is 0.574. The number of hydrogen-bond acceptors (Lipinski definition) is 4. The van der Waals surface area contributed by atoms with Crippen molar-refractivity contribution in [2.24, 2.45) is 0 Å². The molecule has 0 radical (unpaired) electrons. The van der Waals surface area contributed by atoms with Crippen LogP contribution in [0.25, 0.3) is 22.2 Å². The lowest BCUT2D eigenvalue weighted by atomic mass is 10.1. The molecular weight excluding hydrogens is 202 g/mol. The highest BCUT2D eigenvalue weighted by Crippen LogP contribution is 2.25. The van der Waals surface area contributed by atoms with E-state index < -0.39 is 0 Å². The van der Waals surface area contributed by atoms with E-state index in [0.29, 0.717) is 5.82 Å². The topological polar surface area (TPSA) is 80.5 Å². The molecule has 0 saturated carbocycles. The summed E-state index contributed by atoms with van der Waals surface area (Å²) < 4.78 is 0. The first-order valence-corrected chi connectivity index (χ1v) is 4.87. The quantitative estimate of drug-likeness (QED) is 0.599. The molecule has 0 aliphatic rings. The Morgan fingerprint density at radius 2 is 2.06 bits per heavy atom. The van der Waals surface area contributed by atoms with Crippen LogP contribution in [0.2, 0.25) is 0 Å². The van der Waals surface area contributed by atoms with Gasteiger partial charge in [0, 0.05) is 16.6 Å². The van der Waals surface area contributed by atoms with Crippen molar-refractivity contribution in [2.75, 3.05) is 5.73 Å². The Kier molecular flexibility index (Phi) is 1.83. The second kappa shape index (κ2) is 3.30. The van der Waals surface area contributed by atoms with E-state index in [1.165, 1.54) is 0 Å². The minimum Gasteiger partial charge on any atom is -0.398 e. The van der Waals surface area contributed by atoms with Crippen molar-refractivity contribution in [3.63, 3.8) is 0 Å². The molecule has 0 saturated heterocycles. The first-order chi connectivity index (χ1) is 7.84. The van der Waals surface area contributed by atoms with Crippen molar-refractivity contribution in [2.45, 2.75) is 0 Å². The van der Waals surface area contributed by atoms with Gasteiger partial charge in [0.2, 0.25) is 5.82 Å². The van der Waals surface area contributed by atoms with Crippen LogP contribution >= 0.6 is 0 Å². The van der Waals surface area contributed by atoms with Crippen LogP contribution in [0.1, 0.15) is 0 Å². The van der Waals surface area contributed by atoms with Crippen LogP contribution in [-0.2, 0) is 0 Å². The molecule has 0 bridgehead atoms. The molecule has 0 fully saturated rings. The fraction of sp³-hybridized carbons (Fsp3) is 0. The molecule has 2 aromatic carbocycles. The van der Waals surface area contributed by atoms with Crippen molar-refractivity contribution in [1.82, 2.24) is 20.6 Å². The zero-order chi connectivity index (χ0) is 11.0. The van der Waals surface area contributed by atoms with Crippen LogP contribution in [0.5, 0.6) is 0 Å². The number of nitrogens with two attached hydrogens (primary N) is 1. The average Bonchev–Trinajstić information content (AvgIpc) is 2.83. The number of aromatic amines is 1. The van der Waals surface area contributed by atoms with Crippen molar-refractivity contribution < 1.29 is 0 Å². The lowest BCUT2D eigenvalue weighted by Gasteiger charge is -2.02. The monoisotopic (exact) mass is 211 g/mol. The second-order valence-corrected chi connectivity index (χ2v) is 3.52. The Hall–Kier alpha value is -2.43. The summed E-state index contributed by atoms with van der Waals surface area (Å²) in [5.74, 6) is 0.574. The second-order valence-electron chi connectivity index (χ2n) is 3.52. The van der Waals surface area contributed by atoms with Crippen LogP contribution in [0, 0.1) is 0 Å². The van der Waals surface area contributed by atoms with E-state index in [1.807, 2.05) is 36.4 Å². The number of rotatable bonds is 1. The molecule has 3 rings (SSSR count). The zero-order valence-electron chi connectivity index (χ0n) is 8.38. The fourth-order valence-electron chi connectivity index (χ4n) is 1.72. The van der Waals surface area contributed by atoms with Crippen LogP contribution in [-0.4, -0.2) is 20.6 Å². The number of nitrogens with zero attached hydrogens (tertiary/aromatic N) is 3. The van der Waals surface area contributed by atoms with Crippen LogP contribution in [0.15, 0.2) is 36.4 Å². The number of anilines is 1. The summed E-state index contributed by atoms with van der Waals surface area (Å²) in [7, 11) is 0. The van der Waals surface area contributed by atoms with Gasteiger partial charge in [-0.25, -0.2) is 0 Å². The molecule has 0 spiro atoms. The average molecular weight is 211 g/mol. The van der Waals surface area contributed by atoms with Gasteiger partial charge in [-0.2, -0.15) is 5.21 Å². The van der Waals surface area contributed by atoms with E-state index in [4.69, 9.17) is 5.73 Å². The maximum absolute atomic E-state index is 5.91. The molecule has 16 heavy (non-hydrogen) atoms. The first-order valence-electron chi connectivity index (χ1n) is 4.87. The van der Waals surface area contributed by atoms with Crippen LogP contribution in [0.3, 0.4) is 0 Å². The predicted molar refractivity (Wildman–Crippen MR) is 61.5 cm³/mol. The van der Waals surface area contributed by atoms with Crippen molar-refractivity contribution in [3.8, 4) is 11.4 Å². The number of H-pyrrole nitrogens is 1. The molecule has 5 heteroatoms. The van der Waals surface area contributed by atoms with Gasteiger partial charge in [0.25, 0.3) is 0 Å². The Bertz CT molecular complexity index is 630. The maximum Gasteiger partial charge on any atom is 0.204 e. The Balaban J connectivity index is 2.27. The number of hydrogen-bond donors (Lipinski definition) is 2. The molecule has 5 nitrogen and oxygen atoms in total. The zero-order valence-corrected chi connectivity index (χ0v) is 8.38. The fourth-order valence-corrected chi connectivity index (χ4v) is 1.72. The van der Waals surface area contributed by atoms with E-state index in [2.05, 4.69) is 20.6 Å². The number of tetrazole rings is 1. The summed E-state index contributed by atoms with van der Waals surface area (Å²) in [6.07, 6.45) is 0. The largest absolute Gasteiger partial charge is 0.398 e. The van der Waals surface area contributed by atoms with Gasteiger partial charge in [-0.3, -0.25) is 0 Å². The Morgan fingerprint density at radius 3 is 2.88 bits per heavy atom. The summed E-state index contributed by atoms with van der Waals surface area (Å²) in [6, 6.07) is 11.7. The summed E-state index contributed by atoms with van der Waals surface area (Å²) in [4.78, 5) is 0. The number of nitrogens with one attached hydrogen (secondary N) is 1. The maximum atomic E-state index is 5.91. The molecule has 78 valence electrons. The molecular formula is C11H9N5. The number of aromatic nitrogens is 4. The highest BCUT2D eigenvalue weighted by atomic mass is 15.5. The summed E-state index contributed by atoms with van der Waals surface area (Å²) in [5.41, 5.74) is 7.57. The van der Waals surface area contributed by atoms with Gasteiger partial charge < -0.3 is 5.73 Å². The number of fused-ring (bicyclic) bond motifs is 1. The molecule has 3 aromatic rings. The smallest absolute Gasteiger partial charge is 0.204 e. The standard InChI is InChI=1S/C11H9N5/c12-10-3-1-2-7-4-5-8(6-9(7)10)11-13-15-16-14-11/h1-6H,12H2,(H,13,14,15,16). The van der Waals surface area contributed by atoms with Gasteiger partial charge in [-0.05, 0) is 22.7 Å². The molecule has 3 N–H and O–H groups in total. The van der Waals surface area contributed by atoms with Gasteiger partial charge in [0.05, 0.1) is 0 Å². The van der Waals surface area contributed by atoms with Crippen LogP contribution in [0.4, 0.5) is 5.69 Å². The van der Waals surface area contributed by atoms with Crippen molar-refractivity contribution in [1.29, 1.82) is 0 Å². The van der Waals surface area contributed by atoms with E-state index in [-0.39, 0.29) is 0 Å². The predicted octanol–water partition coefficient (Wildman–Crippen LogP) is 1.60. The van der Waals surface area contributed by atoms with Crippen molar-refractivity contribution >= 4 is 16.5 Å².